The second-order valence-electron chi connectivity index (χ2n) is 3.72. The molecule has 0 saturated carbocycles. The van der Waals surface area contributed by atoms with Gasteiger partial charge in [0.15, 0.2) is 0 Å². The van der Waals surface area contributed by atoms with Crippen molar-refractivity contribution in [3.05, 3.63) is 39.9 Å². The molecule has 0 bridgehead atoms. The van der Waals surface area contributed by atoms with Crippen molar-refractivity contribution in [2.45, 2.75) is 20.4 Å². The summed E-state index contributed by atoms with van der Waals surface area (Å²) in [4.78, 5) is 4.26. The summed E-state index contributed by atoms with van der Waals surface area (Å²) >= 11 is 3.37. The van der Waals surface area contributed by atoms with Gasteiger partial charge in [-0.1, -0.05) is 6.07 Å². The van der Waals surface area contributed by atoms with E-state index >= 15 is 0 Å². The Morgan fingerprint density at radius 3 is 2.69 bits per heavy atom. The van der Waals surface area contributed by atoms with Crippen molar-refractivity contribution in [1.29, 1.82) is 0 Å². The number of hydrogen-bond donors (Lipinski definition) is 1. The van der Waals surface area contributed by atoms with Crippen molar-refractivity contribution in [2.75, 3.05) is 5.73 Å². The van der Waals surface area contributed by atoms with E-state index in [1.807, 2.05) is 36.7 Å². The number of benzene rings is 1. The number of nitrogen functional groups attached to an aromatic ring is 1. The van der Waals surface area contributed by atoms with Crippen LogP contribution in [0, 0.1) is 13.8 Å². The molecular formula is C11H13BrN4. The van der Waals surface area contributed by atoms with Gasteiger partial charge in [0.1, 0.15) is 11.6 Å². The third kappa shape index (κ3) is 2.24. The SMILES string of the molecule is Cc1nc(C)n(Cc2ccc(Br)c(N)c2)n1. The van der Waals surface area contributed by atoms with Gasteiger partial charge in [0.05, 0.1) is 6.54 Å². The maximum absolute atomic E-state index is 5.83. The molecule has 0 spiro atoms. The number of anilines is 1. The first kappa shape index (κ1) is 11.1. The molecule has 5 heteroatoms. The van der Waals surface area contributed by atoms with Crippen molar-refractivity contribution in [3.8, 4) is 0 Å². The summed E-state index contributed by atoms with van der Waals surface area (Å²) in [5.41, 5.74) is 7.69. The van der Waals surface area contributed by atoms with E-state index in [4.69, 9.17) is 5.73 Å². The molecule has 84 valence electrons. The Labute approximate surface area is 103 Å². The van der Waals surface area contributed by atoms with Crippen LogP contribution in [-0.4, -0.2) is 14.8 Å². The van der Waals surface area contributed by atoms with Gasteiger partial charge in [-0.25, -0.2) is 9.67 Å². The minimum atomic E-state index is 0.699. The van der Waals surface area contributed by atoms with E-state index in [-0.39, 0.29) is 0 Å². The molecule has 2 aromatic rings. The lowest BCUT2D eigenvalue weighted by molar-refractivity contribution is 0.656. The molecule has 1 heterocycles. The van der Waals surface area contributed by atoms with E-state index in [1.54, 1.807) is 0 Å². The van der Waals surface area contributed by atoms with Crippen LogP contribution in [0.15, 0.2) is 22.7 Å². The van der Waals surface area contributed by atoms with E-state index in [0.29, 0.717) is 6.54 Å². The number of nitrogens with zero attached hydrogens (tertiary/aromatic N) is 3. The van der Waals surface area contributed by atoms with Crippen molar-refractivity contribution in [1.82, 2.24) is 14.8 Å². The van der Waals surface area contributed by atoms with Crippen LogP contribution < -0.4 is 5.73 Å². The van der Waals surface area contributed by atoms with E-state index in [0.717, 1.165) is 27.4 Å². The molecule has 0 amide bonds. The highest BCUT2D eigenvalue weighted by molar-refractivity contribution is 9.10. The summed E-state index contributed by atoms with van der Waals surface area (Å²) in [6.07, 6.45) is 0. The molecule has 1 aromatic carbocycles. The lowest BCUT2D eigenvalue weighted by Crippen LogP contribution is -2.04. The first-order chi connectivity index (χ1) is 7.56. The summed E-state index contributed by atoms with van der Waals surface area (Å²) in [5.74, 6) is 1.71. The number of aryl methyl sites for hydroxylation is 2. The van der Waals surface area contributed by atoms with Gasteiger partial charge in [-0.3, -0.25) is 0 Å². The van der Waals surface area contributed by atoms with E-state index in [2.05, 4.69) is 26.0 Å². The molecule has 0 atom stereocenters. The molecule has 0 saturated heterocycles. The molecule has 16 heavy (non-hydrogen) atoms. The zero-order chi connectivity index (χ0) is 11.7. The fraction of sp³-hybridized carbons (Fsp3) is 0.273. The van der Waals surface area contributed by atoms with Crippen molar-refractivity contribution in [2.24, 2.45) is 0 Å². The van der Waals surface area contributed by atoms with Crippen LogP contribution in [0.1, 0.15) is 17.2 Å². The van der Waals surface area contributed by atoms with Gasteiger partial charge in [-0.2, -0.15) is 5.10 Å². The van der Waals surface area contributed by atoms with Gasteiger partial charge >= 0.3 is 0 Å². The fourth-order valence-corrected chi connectivity index (χ4v) is 1.82. The quantitative estimate of drug-likeness (QED) is 0.859. The van der Waals surface area contributed by atoms with Crippen molar-refractivity contribution < 1.29 is 0 Å². The highest BCUT2D eigenvalue weighted by Crippen LogP contribution is 2.20. The molecule has 0 aliphatic heterocycles. The normalized spacial score (nSPS) is 10.7. The molecule has 0 fully saturated rings. The molecule has 0 radical (unpaired) electrons. The number of aromatic nitrogens is 3. The standard InChI is InChI=1S/C11H13BrN4/c1-7-14-8(2)16(15-7)6-9-3-4-10(12)11(13)5-9/h3-5H,6,13H2,1-2H3. The predicted octanol–water partition coefficient (Wildman–Crippen LogP) is 2.29. The summed E-state index contributed by atoms with van der Waals surface area (Å²) < 4.78 is 2.79. The Balaban J connectivity index is 2.27. The Kier molecular flexibility index (Phi) is 2.96. The van der Waals surface area contributed by atoms with Crippen LogP contribution in [0.25, 0.3) is 0 Å². The zero-order valence-electron chi connectivity index (χ0n) is 9.24. The van der Waals surface area contributed by atoms with Crippen LogP contribution in [-0.2, 0) is 6.54 Å². The zero-order valence-corrected chi connectivity index (χ0v) is 10.8. The highest BCUT2D eigenvalue weighted by Gasteiger charge is 2.04. The van der Waals surface area contributed by atoms with Gasteiger partial charge in [0, 0.05) is 10.2 Å². The maximum atomic E-state index is 5.83. The topological polar surface area (TPSA) is 56.7 Å². The minimum Gasteiger partial charge on any atom is -0.398 e. The molecule has 4 nitrogen and oxygen atoms in total. The van der Waals surface area contributed by atoms with Crippen LogP contribution in [0.3, 0.4) is 0 Å². The van der Waals surface area contributed by atoms with E-state index in [1.165, 1.54) is 0 Å². The number of halogens is 1. The summed E-state index contributed by atoms with van der Waals surface area (Å²) in [7, 11) is 0. The van der Waals surface area contributed by atoms with Crippen LogP contribution >= 0.6 is 15.9 Å². The largest absolute Gasteiger partial charge is 0.398 e. The Hall–Kier alpha value is -1.36. The van der Waals surface area contributed by atoms with Crippen LogP contribution in [0.4, 0.5) is 5.69 Å². The number of rotatable bonds is 2. The van der Waals surface area contributed by atoms with E-state index in [9.17, 15) is 0 Å². The number of hydrogen-bond acceptors (Lipinski definition) is 3. The predicted molar refractivity (Wildman–Crippen MR) is 67.2 cm³/mol. The van der Waals surface area contributed by atoms with E-state index < -0.39 is 0 Å². The van der Waals surface area contributed by atoms with Crippen molar-refractivity contribution in [3.63, 3.8) is 0 Å². The van der Waals surface area contributed by atoms with Crippen LogP contribution in [0.5, 0.6) is 0 Å². The molecule has 0 aliphatic rings. The van der Waals surface area contributed by atoms with Crippen molar-refractivity contribution >= 4 is 21.6 Å². The molecule has 1 aromatic heterocycles. The van der Waals surface area contributed by atoms with Gasteiger partial charge in [-0.05, 0) is 47.5 Å². The number of nitrogens with two attached hydrogens (primary N) is 1. The first-order valence-electron chi connectivity index (χ1n) is 4.98. The maximum Gasteiger partial charge on any atom is 0.147 e. The summed E-state index contributed by atoms with van der Waals surface area (Å²) in [5, 5.41) is 4.31. The second kappa shape index (κ2) is 4.25. The molecule has 0 unspecified atom stereocenters. The second-order valence-corrected chi connectivity index (χ2v) is 4.57. The average molecular weight is 281 g/mol. The van der Waals surface area contributed by atoms with Gasteiger partial charge in [-0.15, -0.1) is 0 Å². The highest BCUT2D eigenvalue weighted by atomic mass is 79.9. The average Bonchev–Trinajstić information content (AvgIpc) is 2.51. The minimum absolute atomic E-state index is 0.699. The molecule has 2 N–H and O–H groups in total. The Morgan fingerprint density at radius 1 is 1.38 bits per heavy atom. The summed E-state index contributed by atoms with van der Waals surface area (Å²) in [6.45, 7) is 4.53. The molecular weight excluding hydrogens is 268 g/mol. The smallest absolute Gasteiger partial charge is 0.147 e. The Bertz CT molecular complexity index is 519. The fourth-order valence-electron chi connectivity index (χ4n) is 1.58. The lowest BCUT2D eigenvalue weighted by atomic mass is 10.2. The third-order valence-corrected chi connectivity index (χ3v) is 3.08. The van der Waals surface area contributed by atoms with Gasteiger partial charge < -0.3 is 5.73 Å². The summed E-state index contributed by atoms with van der Waals surface area (Å²) in [6, 6.07) is 5.92. The first-order valence-corrected chi connectivity index (χ1v) is 5.77. The monoisotopic (exact) mass is 280 g/mol. The molecule has 0 aliphatic carbocycles. The molecule has 2 rings (SSSR count). The van der Waals surface area contributed by atoms with Gasteiger partial charge in [0.25, 0.3) is 0 Å². The van der Waals surface area contributed by atoms with Crippen LogP contribution in [0.2, 0.25) is 0 Å². The third-order valence-electron chi connectivity index (χ3n) is 2.36. The van der Waals surface area contributed by atoms with Gasteiger partial charge in [0.2, 0.25) is 0 Å². The lowest BCUT2D eigenvalue weighted by Gasteiger charge is -2.05. The Morgan fingerprint density at radius 2 is 2.12 bits per heavy atom.